The number of rotatable bonds is 7. The van der Waals surface area contributed by atoms with Gasteiger partial charge in [0.25, 0.3) is 5.91 Å². The summed E-state index contributed by atoms with van der Waals surface area (Å²) in [5, 5.41) is 9.17. The van der Waals surface area contributed by atoms with Gasteiger partial charge in [-0.2, -0.15) is 0 Å². The molecule has 2 aromatic heterocycles. The molecule has 2 heterocycles. The van der Waals surface area contributed by atoms with Crippen molar-refractivity contribution in [3.8, 4) is 0 Å². The first kappa shape index (κ1) is 15.4. The second-order valence-electron chi connectivity index (χ2n) is 4.69. The Balaban J connectivity index is 1.90. The number of aromatic nitrogens is 2. The predicted octanol–water partition coefficient (Wildman–Crippen LogP) is 2.64. The van der Waals surface area contributed by atoms with Crippen molar-refractivity contribution >= 4 is 23.1 Å². The molecule has 0 aliphatic carbocycles. The molecule has 6 heteroatoms. The van der Waals surface area contributed by atoms with Gasteiger partial charge in [0, 0.05) is 31.1 Å². The highest BCUT2D eigenvalue weighted by Gasteiger charge is 2.11. The van der Waals surface area contributed by atoms with Crippen LogP contribution in [0.3, 0.4) is 0 Å². The molecular weight excluding hydrogens is 284 g/mol. The van der Waals surface area contributed by atoms with Crippen molar-refractivity contribution in [1.29, 1.82) is 0 Å². The van der Waals surface area contributed by atoms with Gasteiger partial charge in [-0.3, -0.25) is 4.79 Å². The summed E-state index contributed by atoms with van der Waals surface area (Å²) < 4.78 is 0. The lowest BCUT2D eigenvalue weighted by Gasteiger charge is -2.10. The number of carbonyl (C=O) groups excluding carboxylic acids is 1. The van der Waals surface area contributed by atoms with E-state index in [2.05, 4.69) is 27.5 Å². The van der Waals surface area contributed by atoms with Crippen LogP contribution < -0.4 is 10.6 Å². The third kappa shape index (κ3) is 4.53. The fourth-order valence-electron chi connectivity index (χ4n) is 1.90. The topological polar surface area (TPSA) is 66.9 Å². The van der Waals surface area contributed by atoms with Gasteiger partial charge < -0.3 is 10.6 Å². The van der Waals surface area contributed by atoms with Gasteiger partial charge in [0.2, 0.25) is 0 Å². The number of hydrogen-bond acceptors (Lipinski definition) is 5. The molecule has 0 atom stereocenters. The number of aryl methyl sites for hydroxylation is 1. The minimum atomic E-state index is -0.103. The number of thiazole rings is 1. The Labute approximate surface area is 128 Å². The summed E-state index contributed by atoms with van der Waals surface area (Å²) in [6, 6.07) is 3.56. The van der Waals surface area contributed by atoms with Crippen LogP contribution in [0, 0.1) is 6.92 Å². The number of amides is 1. The zero-order valence-corrected chi connectivity index (χ0v) is 13.2. The molecule has 112 valence electrons. The third-order valence-electron chi connectivity index (χ3n) is 2.93. The van der Waals surface area contributed by atoms with Gasteiger partial charge in [-0.25, -0.2) is 9.97 Å². The van der Waals surface area contributed by atoms with Gasteiger partial charge in [-0.15, -0.1) is 11.3 Å². The quantitative estimate of drug-likeness (QED) is 0.825. The molecule has 21 heavy (non-hydrogen) atoms. The lowest BCUT2D eigenvalue weighted by Crippen LogP contribution is -2.27. The highest BCUT2D eigenvalue weighted by atomic mass is 32.1. The van der Waals surface area contributed by atoms with Crippen molar-refractivity contribution < 1.29 is 4.79 Å². The Morgan fingerprint density at radius 1 is 1.38 bits per heavy atom. The van der Waals surface area contributed by atoms with Crippen LogP contribution in [-0.4, -0.2) is 29.0 Å². The normalized spacial score (nSPS) is 10.4. The predicted molar refractivity (Wildman–Crippen MR) is 85.9 cm³/mol. The van der Waals surface area contributed by atoms with Gasteiger partial charge in [0.15, 0.2) is 0 Å². The molecule has 2 rings (SSSR count). The van der Waals surface area contributed by atoms with Crippen molar-refractivity contribution in [2.75, 3.05) is 18.4 Å². The molecule has 0 aliphatic heterocycles. The SMILES string of the molecule is CCCNc1ncccc1C(=O)NCCc1csc(C)n1. The molecular formula is C15H20N4OS. The van der Waals surface area contributed by atoms with Crippen LogP contribution in [0.5, 0.6) is 0 Å². The second kappa shape index (κ2) is 7.73. The van der Waals surface area contributed by atoms with Crippen LogP contribution in [0.15, 0.2) is 23.7 Å². The van der Waals surface area contributed by atoms with Gasteiger partial charge >= 0.3 is 0 Å². The summed E-state index contributed by atoms with van der Waals surface area (Å²) in [7, 11) is 0. The van der Waals surface area contributed by atoms with E-state index >= 15 is 0 Å². The monoisotopic (exact) mass is 304 g/mol. The maximum Gasteiger partial charge on any atom is 0.255 e. The van der Waals surface area contributed by atoms with E-state index in [-0.39, 0.29) is 5.91 Å². The Kier molecular flexibility index (Phi) is 5.68. The maximum atomic E-state index is 12.2. The fraction of sp³-hybridized carbons (Fsp3) is 0.400. The molecule has 0 radical (unpaired) electrons. The first-order valence-corrected chi connectivity index (χ1v) is 7.96. The lowest BCUT2D eigenvalue weighted by atomic mass is 10.2. The van der Waals surface area contributed by atoms with E-state index in [0.29, 0.717) is 17.9 Å². The Morgan fingerprint density at radius 3 is 2.95 bits per heavy atom. The summed E-state index contributed by atoms with van der Waals surface area (Å²) in [6.45, 7) is 5.43. The number of pyridine rings is 1. The van der Waals surface area contributed by atoms with E-state index in [1.165, 1.54) is 0 Å². The van der Waals surface area contributed by atoms with Crippen LogP contribution in [0.4, 0.5) is 5.82 Å². The Hall–Kier alpha value is -1.95. The highest BCUT2D eigenvalue weighted by molar-refractivity contribution is 7.09. The summed E-state index contributed by atoms with van der Waals surface area (Å²) in [5.41, 5.74) is 1.61. The summed E-state index contributed by atoms with van der Waals surface area (Å²) in [6.07, 6.45) is 3.42. The minimum Gasteiger partial charge on any atom is -0.369 e. The molecule has 2 N–H and O–H groups in total. The molecule has 0 saturated heterocycles. The van der Waals surface area contributed by atoms with E-state index < -0.39 is 0 Å². The molecule has 0 unspecified atom stereocenters. The molecule has 5 nitrogen and oxygen atoms in total. The average molecular weight is 304 g/mol. The molecule has 2 aromatic rings. The first-order valence-electron chi connectivity index (χ1n) is 7.08. The van der Waals surface area contributed by atoms with Crippen molar-refractivity contribution in [1.82, 2.24) is 15.3 Å². The van der Waals surface area contributed by atoms with Gasteiger partial charge in [0.05, 0.1) is 16.3 Å². The Morgan fingerprint density at radius 2 is 2.24 bits per heavy atom. The minimum absolute atomic E-state index is 0.103. The van der Waals surface area contributed by atoms with Crippen LogP contribution in [0.25, 0.3) is 0 Å². The van der Waals surface area contributed by atoms with E-state index in [9.17, 15) is 4.79 Å². The molecule has 0 aliphatic rings. The van der Waals surface area contributed by atoms with Crippen LogP contribution in [0.2, 0.25) is 0 Å². The highest BCUT2D eigenvalue weighted by Crippen LogP contribution is 2.11. The number of nitrogens with one attached hydrogen (secondary N) is 2. The van der Waals surface area contributed by atoms with E-state index in [1.807, 2.05) is 12.3 Å². The number of hydrogen-bond donors (Lipinski definition) is 2. The fourth-order valence-corrected chi connectivity index (χ4v) is 2.54. The number of carbonyl (C=O) groups is 1. The molecule has 0 spiro atoms. The molecule has 0 bridgehead atoms. The summed E-state index contributed by atoms with van der Waals surface area (Å²) in [5.74, 6) is 0.537. The smallest absolute Gasteiger partial charge is 0.255 e. The van der Waals surface area contributed by atoms with Crippen LogP contribution >= 0.6 is 11.3 Å². The standard InChI is InChI=1S/C15H20N4OS/c1-3-7-16-14-13(5-4-8-17-14)15(20)18-9-6-12-10-21-11(2)19-12/h4-5,8,10H,3,6-7,9H2,1-2H3,(H,16,17)(H,18,20). The molecule has 0 aromatic carbocycles. The van der Waals surface area contributed by atoms with Crippen LogP contribution in [0.1, 0.15) is 34.4 Å². The van der Waals surface area contributed by atoms with Crippen molar-refractivity contribution in [2.24, 2.45) is 0 Å². The van der Waals surface area contributed by atoms with Gasteiger partial charge in [-0.05, 0) is 25.5 Å². The molecule has 1 amide bonds. The van der Waals surface area contributed by atoms with Gasteiger partial charge in [0.1, 0.15) is 5.82 Å². The van der Waals surface area contributed by atoms with Crippen LogP contribution in [-0.2, 0) is 6.42 Å². The zero-order valence-electron chi connectivity index (χ0n) is 12.3. The first-order chi connectivity index (χ1) is 10.2. The lowest BCUT2D eigenvalue weighted by molar-refractivity contribution is 0.0954. The van der Waals surface area contributed by atoms with Crippen molar-refractivity contribution in [3.05, 3.63) is 40.0 Å². The number of nitrogens with zero attached hydrogens (tertiary/aromatic N) is 2. The average Bonchev–Trinajstić information content (AvgIpc) is 2.91. The second-order valence-corrected chi connectivity index (χ2v) is 5.75. The molecule has 0 fully saturated rings. The van der Waals surface area contributed by atoms with E-state index in [4.69, 9.17) is 0 Å². The van der Waals surface area contributed by atoms with E-state index in [1.54, 1.807) is 29.7 Å². The third-order valence-corrected chi connectivity index (χ3v) is 3.75. The zero-order chi connectivity index (χ0) is 15.1. The van der Waals surface area contributed by atoms with Gasteiger partial charge in [-0.1, -0.05) is 6.92 Å². The van der Waals surface area contributed by atoms with Crippen molar-refractivity contribution in [2.45, 2.75) is 26.7 Å². The maximum absolute atomic E-state index is 12.2. The van der Waals surface area contributed by atoms with E-state index in [0.717, 1.165) is 30.1 Å². The summed E-state index contributed by atoms with van der Waals surface area (Å²) in [4.78, 5) is 20.8. The molecule has 0 saturated carbocycles. The Bertz CT molecular complexity index is 597. The van der Waals surface area contributed by atoms with Crippen molar-refractivity contribution in [3.63, 3.8) is 0 Å². The summed E-state index contributed by atoms with van der Waals surface area (Å²) >= 11 is 1.63. The number of anilines is 1. The largest absolute Gasteiger partial charge is 0.369 e.